The number of aliphatic imine (C=N–C) groups is 1. The van der Waals surface area contributed by atoms with E-state index in [0.717, 1.165) is 80.2 Å². The zero-order valence-electron chi connectivity index (χ0n) is 19.6. The Hall–Kier alpha value is -2.54. The highest BCUT2D eigenvalue weighted by Gasteiger charge is 2.21. The van der Waals surface area contributed by atoms with Crippen molar-refractivity contribution >= 4 is 5.96 Å². The molecule has 2 heterocycles. The molecule has 31 heavy (non-hydrogen) atoms. The summed E-state index contributed by atoms with van der Waals surface area (Å²) in [6.45, 7) is 13.4. The first-order chi connectivity index (χ1) is 15.0. The van der Waals surface area contributed by atoms with Crippen LogP contribution < -0.4 is 15.4 Å². The van der Waals surface area contributed by atoms with Gasteiger partial charge in [-0.3, -0.25) is 4.90 Å². The van der Waals surface area contributed by atoms with E-state index >= 15 is 0 Å². The van der Waals surface area contributed by atoms with E-state index < -0.39 is 0 Å². The normalized spacial score (nSPS) is 15.8. The van der Waals surface area contributed by atoms with Crippen LogP contribution in [-0.2, 0) is 13.1 Å². The molecule has 2 N–H and O–H groups in total. The van der Waals surface area contributed by atoms with Gasteiger partial charge in [0.1, 0.15) is 11.5 Å². The number of likely N-dealkylation sites (tertiary alicyclic amines) is 1. The second-order valence-corrected chi connectivity index (χ2v) is 8.36. The summed E-state index contributed by atoms with van der Waals surface area (Å²) in [5, 5.41) is 6.89. The van der Waals surface area contributed by atoms with Crippen LogP contribution in [0.4, 0.5) is 0 Å². The Balaban J connectivity index is 1.47. The highest BCUT2D eigenvalue weighted by atomic mass is 16.5. The van der Waals surface area contributed by atoms with Gasteiger partial charge in [-0.15, -0.1) is 0 Å². The molecule has 1 aliphatic rings. The third-order valence-electron chi connectivity index (χ3n) is 5.89. The van der Waals surface area contributed by atoms with Crippen LogP contribution in [0.1, 0.15) is 48.2 Å². The minimum Gasteiger partial charge on any atom is -0.496 e. The van der Waals surface area contributed by atoms with Crippen molar-refractivity contribution in [1.29, 1.82) is 0 Å². The van der Waals surface area contributed by atoms with E-state index in [1.165, 1.54) is 5.56 Å². The number of hydrogen-bond donors (Lipinski definition) is 2. The molecular weight excluding hydrogens is 390 g/mol. The van der Waals surface area contributed by atoms with Crippen LogP contribution >= 0.6 is 0 Å². The lowest BCUT2D eigenvalue weighted by molar-refractivity contribution is 0.164. The number of rotatable bonds is 8. The van der Waals surface area contributed by atoms with Crippen LogP contribution in [0.15, 0.2) is 27.6 Å². The molecule has 7 nitrogen and oxygen atoms in total. The maximum atomic E-state index is 5.74. The molecule has 1 aromatic carbocycles. The highest BCUT2D eigenvalue weighted by molar-refractivity contribution is 5.79. The molecule has 0 bridgehead atoms. The second-order valence-electron chi connectivity index (χ2n) is 8.36. The predicted molar refractivity (Wildman–Crippen MR) is 125 cm³/mol. The molecular formula is C24H37N5O2. The maximum absolute atomic E-state index is 5.74. The van der Waals surface area contributed by atoms with Crippen molar-refractivity contribution in [2.75, 3.05) is 33.3 Å². The van der Waals surface area contributed by atoms with E-state index in [1.54, 1.807) is 7.11 Å². The van der Waals surface area contributed by atoms with Gasteiger partial charge in [0.2, 0.25) is 5.89 Å². The molecule has 7 heteroatoms. The molecule has 3 rings (SSSR count). The van der Waals surface area contributed by atoms with Crippen molar-refractivity contribution in [3.63, 3.8) is 0 Å². The third kappa shape index (κ3) is 6.72. The van der Waals surface area contributed by atoms with Crippen LogP contribution in [0.5, 0.6) is 5.75 Å². The fourth-order valence-corrected chi connectivity index (χ4v) is 3.88. The third-order valence-corrected chi connectivity index (χ3v) is 5.89. The quantitative estimate of drug-likeness (QED) is 0.496. The van der Waals surface area contributed by atoms with E-state index in [0.29, 0.717) is 12.5 Å². The van der Waals surface area contributed by atoms with Crippen LogP contribution in [0, 0.1) is 26.7 Å². The Morgan fingerprint density at radius 1 is 1.23 bits per heavy atom. The molecule has 1 saturated heterocycles. The number of aromatic nitrogens is 1. The molecule has 0 spiro atoms. The molecule has 1 aliphatic heterocycles. The molecule has 0 amide bonds. The van der Waals surface area contributed by atoms with Gasteiger partial charge >= 0.3 is 0 Å². The van der Waals surface area contributed by atoms with E-state index in [1.807, 2.05) is 13.8 Å². The van der Waals surface area contributed by atoms with Gasteiger partial charge in [-0.25, -0.2) is 9.98 Å². The number of hydrogen-bond acceptors (Lipinski definition) is 5. The number of guanidine groups is 1. The summed E-state index contributed by atoms with van der Waals surface area (Å²) in [6.07, 6.45) is 2.33. The Morgan fingerprint density at radius 2 is 2.00 bits per heavy atom. The van der Waals surface area contributed by atoms with Gasteiger partial charge in [0.05, 0.1) is 25.9 Å². The lowest BCUT2D eigenvalue weighted by atomic mass is 9.97. The first-order valence-corrected chi connectivity index (χ1v) is 11.3. The maximum Gasteiger partial charge on any atom is 0.208 e. The molecule has 0 saturated carbocycles. The molecule has 2 aromatic rings. The zero-order chi connectivity index (χ0) is 22.2. The Bertz CT molecular complexity index is 849. The molecule has 0 unspecified atom stereocenters. The molecule has 0 radical (unpaired) electrons. The summed E-state index contributed by atoms with van der Waals surface area (Å²) in [5.74, 6) is 4.15. The van der Waals surface area contributed by atoms with E-state index in [4.69, 9.17) is 14.1 Å². The Kier molecular flexibility index (Phi) is 8.35. The summed E-state index contributed by atoms with van der Waals surface area (Å²) in [7, 11) is 1.71. The largest absolute Gasteiger partial charge is 0.496 e. The predicted octanol–water partition coefficient (Wildman–Crippen LogP) is 3.58. The fraction of sp³-hybridized carbons (Fsp3) is 0.583. The Labute approximate surface area is 186 Å². The van der Waals surface area contributed by atoms with Gasteiger partial charge in [0, 0.05) is 18.7 Å². The zero-order valence-corrected chi connectivity index (χ0v) is 19.6. The van der Waals surface area contributed by atoms with Gasteiger partial charge in [0.15, 0.2) is 5.96 Å². The monoisotopic (exact) mass is 427 g/mol. The minimum atomic E-state index is 0.589. The first kappa shape index (κ1) is 23.1. The van der Waals surface area contributed by atoms with Crippen LogP contribution in [0.3, 0.4) is 0 Å². The number of methoxy groups -OCH3 is 1. The Morgan fingerprint density at radius 3 is 2.65 bits per heavy atom. The standard InChI is InChI=1S/C24H37N5O2/c1-6-25-24(27-15-21-8-7-17(2)13-22(21)30-5)26-14-20-9-11-29(12-10-20)16-23-28-18(3)19(4)31-23/h7-8,13,20H,6,9-12,14-16H2,1-5H3,(H2,25,26,27). The molecule has 0 aliphatic carbocycles. The van der Waals surface area contributed by atoms with E-state index in [2.05, 4.69) is 52.6 Å². The summed E-state index contributed by atoms with van der Waals surface area (Å²) in [5.41, 5.74) is 3.28. The van der Waals surface area contributed by atoms with Crippen LogP contribution in [-0.4, -0.2) is 49.1 Å². The number of benzene rings is 1. The highest BCUT2D eigenvalue weighted by Crippen LogP contribution is 2.21. The van der Waals surface area contributed by atoms with Crippen molar-refractivity contribution in [1.82, 2.24) is 20.5 Å². The average molecular weight is 428 g/mol. The van der Waals surface area contributed by atoms with Crippen molar-refractivity contribution in [2.45, 2.75) is 53.6 Å². The van der Waals surface area contributed by atoms with Crippen LogP contribution in [0.2, 0.25) is 0 Å². The summed E-state index contributed by atoms with van der Waals surface area (Å²) in [4.78, 5) is 11.7. The smallest absolute Gasteiger partial charge is 0.208 e. The number of oxazole rings is 1. The van der Waals surface area contributed by atoms with Gasteiger partial charge < -0.3 is 19.8 Å². The lowest BCUT2D eigenvalue weighted by Crippen LogP contribution is -2.42. The topological polar surface area (TPSA) is 74.9 Å². The minimum absolute atomic E-state index is 0.589. The first-order valence-electron chi connectivity index (χ1n) is 11.3. The summed E-state index contributed by atoms with van der Waals surface area (Å²) < 4.78 is 11.2. The molecule has 1 aromatic heterocycles. The van der Waals surface area contributed by atoms with E-state index in [-0.39, 0.29) is 0 Å². The second kappa shape index (κ2) is 11.2. The lowest BCUT2D eigenvalue weighted by Gasteiger charge is -2.31. The molecule has 0 atom stereocenters. The van der Waals surface area contributed by atoms with Crippen LogP contribution in [0.25, 0.3) is 0 Å². The van der Waals surface area contributed by atoms with Crippen molar-refractivity contribution in [3.8, 4) is 5.75 Å². The molecule has 1 fully saturated rings. The van der Waals surface area contributed by atoms with Gasteiger partial charge in [-0.05, 0) is 71.2 Å². The number of nitrogens with one attached hydrogen (secondary N) is 2. The van der Waals surface area contributed by atoms with Crippen molar-refractivity contribution in [2.24, 2.45) is 10.9 Å². The van der Waals surface area contributed by atoms with E-state index in [9.17, 15) is 0 Å². The van der Waals surface area contributed by atoms with Gasteiger partial charge in [-0.1, -0.05) is 12.1 Å². The summed E-state index contributed by atoms with van der Waals surface area (Å²) in [6, 6.07) is 6.25. The van der Waals surface area contributed by atoms with Gasteiger partial charge in [-0.2, -0.15) is 0 Å². The number of aryl methyl sites for hydroxylation is 3. The average Bonchev–Trinajstić information content (AvgIpc) is 3.08. The molecule has 170 valence electrons. The summed E-state index contributed by atoms with van der Waals surface area (Å²) >= 11 is 0. The van der Waals surface area contributed by atoms with Crippen molar-refractivity contribution < 1.29 is 9.15 Å². The number of nitrogens with zero attached hydrogens (tertiary/aromatic N) is 3. The SMILES string of the molecule is CCNC(=NCc1ccc(C)cc1OC)NCC1CCN(Cc2nc(C)c(C)o2)CC1. The van der Waals surface area contributed by atoms with Crippen molar-refractivity contribution in [3.05, 3.63) is 46.7 Å². The fourth-order valence-electron chi connectivity index (χ4n) is 3.88. The van der Waals surface area contributed by atoms with Gasteiger partial charge in [0.25, 0.3) is 0 Å². The number of ether oxygens (including phenoxy) is 1. The number of piperidine rings is 1.